The van der Waals surface area contributed by atoms with Crippen molar-refractivity contribution >= 4 is 11.8 Å². The maximum absolute atomic E-state index is 13.0. The van der Waals surface area contributed by atoms with Crippen LogP contribution in [0.4, 0.5) is 10.2 Å². The zero-order valence-electron chi connectivity index (χ0n) is 8.38. The fourth-order valence-corrected chi connectivity index (χ4v) is 1.63. The monoisotopic (exact) mass is 226 g/mol. The maximum atomic E-state index is 13.0. The van der Waals surface area contributed by atoms with Gasteiger partial charge in [-0.05, 0) is 12.1 Å². The number of halogens is 1. The predicted octanol–water partition coefficient (Wildman–Crippen LogP) is 0.299. The first kappa shape index (κ1) is 10.8. The Labute approximate surface area is 91.1 Å². The number of anilines is 1. The van der Waals surface area contributed by atoms with Gasteiger partial charge in [0.05, 0.1) is 12.1 Å². The predicted molar refractivity (Wildman–Crippen MR) is 54.3 cm³/mol. The maximum Gasteiger partial charge on any atom is 0.337 e. The molecule has 0 bridgehead atoms. The van der Waals surface area contributed by atoms with Gasteiger partial charge >= 0.3 is 5.97 Å². The highest BCUT2D eigenvalue weighted by atomic mass is 19.1. The summed E-state index contributed by atoms with van der Waals surface area (Å²) in [4.78, 5) is 16.1. The van der Waals surface area contributed by atoms with Crippen molar-refractivity contribution in [3.63, 3.8) is 0 Å². The number of nitrogens with zero attached hydrogens (tertiary/aromatic N) is 2. The van der Waals surface area contributed by atoms with Crippen LogP contribution >= 0.6 is 0 Å². The molecule has 1 aromatic heterocycles. The summed E-state index contributed by atoms with van der Waals surface area (Å²) < 4.78 is 13.0. The number of β-amino-alcohol motifs (C(OH)–C–C–N with tert-alkyl or cyclic N) is 1. The van der Waals surface area contributed by atoms with Gasteiger partial charge in [-0.3, -0.25) is 0 Å². The molecule has 1 aromatic rings. The molecule has 1 saturated heterocycles. The van der Waals surface area contributed by atoms with Crippen molar-refractivity contribution in [2.24, 2.45) is 0 Å². The minimum Gasteiger partial charge on any atom is -0.478 e. The third-order valence-corrected chi connectivity index (χ3v) is 2.54. The molecular formula is C10H11FN2O3. The lowest BCUT2D eigenvalue weighted by atomic mass is 10.3. The highest BCUT2D eigenvalue weighted by Crippen LogP contribution is 2.20. The van der Waals surface area contributed by atoms with Crippen LogP contribution < -0.4 is 4.90 Å². The molecule has 0 radical (unpaired) electrons. The van der Waals surface area contributed by atoms with E-state index in [9.17, 15) is 14.3 Å². The quantitative estimate of drug-likeness (QED) is 0.758. The summed E-state index contributed by atoms with van der Waals surface area (Å²) in [6, 6.07) is 2.91. The van der Waals surface area contributed by atoms with Crippen molar-refractivity contribution in [3.8, 4) is 0 Å². The van der Waals surface area contributed by atoms with Crippen LogP contribution in [0.1, 0.15) is 10.4 Å². The van der Waals surface area contributed by atoms with Gasteiger partial charge in [0.1, 0.15) is 18.1 Å². The molecule has 0 saturated carbocycles. The second kappa shape index (κ2) is 4.05. The molecule has 86 valence electrons. The summed E-state index contributed by atoms with van der Waals surface area (Å²) in [5.74, 6) is -0.576. The van der Waals surface area contributed by atoms with Crippen LogP contribution in [0.2, 0.25) is 0 Å². The standard InChI is InChI=1S/C10H11FN2O3/c11-7-4-13(5-8(7)14)9-2-1-6(3-12-9)10(15)16/h1-3,7-8,14H,4-5H2,(H,15,16)/t7-,8-/m1/s1. The van der Waals surface area contributed by atoms with E-state index in [1.165, 1.54) is 18.3 Å². The molecular weight excluding hydrogens is 215 g/mol. The molecule has 0 unspecified atom stereocenters. The fraction of sp³-hybridized carbons (Fsp3) is 0.400. The minimum atomic E-state index is -1.28. The Balaban J connectivity index is 2.14. The largest absolute Gasteiger partial charge is 0.478 e. The van der Waals surface area contributed by atoms with Gasteiger partial charge in [0, 0.05) is 12.7 Å². The number of hydrogen-bond acceptors (Lipinski definition) is 4. The lowest BCUT2D eigenvalue weighted by molar-refractivity contribution is 0.0696. The molecule has 6 heteroatoms. The van der Waals surface area contributed by atoms with Crippen LogP contribution in [0.25, 0.3) is 0 Å². The number of aliphatic hydroxyl groups excluding tert-OH is 1. The summed E-state index contributed by atoms with van der Waals surface area (Å²) >= 11 is 0. The number of aromatic carboxylic acids is 1. The highest BCUT2D eigenvalue weighted by molar-refractivity contribution is 5.87. The van der Waals surface area contributed by atoms with E-state index in [1.807, 2.05) is 0 Å². The summed E-state index contributed by atoms with van der Waals surface area (Å²) in [7, 11) is 0. The second-order valence-corrected chi connectivity index (χ2v) is 3.70. The van der Waals surface area contributed by atoms with E-state index in [0.29, 0.717) is 5.82 Å². The van der Waals surface area contributed by atoms with Crippen molar-refractivity contribution in [1.29, 1.82) is 0 Å². The average Bonchev–Trinajstić information content (AvgIpc) is 2.59. The third-order valence-electron chi connectivity index (χ3n) is 2.54. The van der Waals surface area contributed by atoms with Gasteiger partial charge in [0.25, 0.3) is 0 Å². The van der Waals surface area contributed by atoms with Crippen molar-refractivity contribution in [2.75, 3.05) is 18.0 Å². The fourth-order valence-electron chi connectivity index (χ4n) is 1.63. The molecule has 2 atom stereocenters. The first-order chi connectivity index (χ1) is 7.58. The average molecular weight is 226 g/mol. The van der Waals surface area contributed by atoms with E-state index in [4.69, 9.17) is 5.11 Å². The Morgan fingerprint density at radius 1 is 1.50 bits per heavy atom. The molecule has 5 nitrogen and oxygen atoms in total. The molecule has 0 amide bonds. The number of aromatic nitrogens is 1. The second-order valence-electron chi connectivity index (χ2n) is 3.70. The van der Waals surface area contributed by atoms with E-state index >= 15 is 0 Å². The molecule has 0 spiro atoms. The zero-order chi connectivity index (χ0) is 11.7. The first-order valence-electron chi connectivity index (χ1n) is 4.84. The van der Waals surface area contributed by atoms with Gasteiger partial charge < -0.3 is 15.1 Å². The Morgan fingerprint density at radius 2 is 2.25 bits per heavy atom. The van der Waals surface area contributed by atoms with Gasteiger partial charge in [-0.2, -0.15) is 0 Å². The smallest absolute Gasteiger partial charge is 0.337 e. The van der Waals surface area contributed by atoms with E-state index in [-0.39, 0.29) is 18.7 Å². The third kappa shape index (κ3) is 1.96. The summed E-state index contributed by atoms with van der Waals surface area (Å²) in [5.41, 5.74) is 0.0836. The number of carbonyl (C=O) groups is 1. The number of alkyl halides is 1. The zero-order valence-corrected chi connectivity index (χ0v) is 8.38. The Bertz CT molecular complexity index is 386. The number of rotatable bonds is 2. The summed E-state index contributed by atoms with van der Waals surface area (Å²) in [5, 5.41) is 17.9. The molecule has 0 aromatic carbocycles. The topological polar surface area (TPSA) is 73.7 Å². The van der Waals surface area contributed by atoms with E-state index in [1.54, 1.807) is 4.90 Å². The van der Waals surface area contributed by atoms with Crippen molar-refractivity contribution in [3.05, 3.63) is 23.9 Å². The Kier molecular flexibility index (Phi) is 2.74. The van der Waals surface area contributed by atoms with Gasteiger partial charge in [0.15, 0.2) is 0 Å². The van der Waals surface area contributed by atoms with E-state index < -0.39 is 18.2 Å². The van der Waals surface area contributed by atoms with Crippen LogP contribution in [0, 0.1) is 0 Å². The van der Waals surface area contributed by atoms with Gasteiger partial charge in [0.2, 0.25) is 0 Å². The number of hydrogen-bond donors (Lipinski definition) is 2. The molecule has 2 N–H and O–H groups in total. The molecule has 16 heavy (non-hydrogen) atoms. The molecule has 1 aliphatic rings. The van der Waals surface area contributed by atoms with Crippen molar-refractivity contribution in [2.45, 2.75) is 12.3 Å². The first-order valence-corrected chi connectivity index (χ1v) is 4.84. The molecule has 1 fully saturated rings. The lowest BCUT2D eigenvalue weighted by Crippen LogP contribution is -2.22. The van der Waals surface area contributed by atoms with Crippen molar-refractivity contribution in [1.82, 2.24) is 4.98 Å². The molecule has 2 rings (SSSR count). The van der Waals surface area contributed by atoms with Crippen molar-refractivity contribution < 1.29 is 19.4 Å². The highest BCUT2D eigenvalue weighted by Gasteiger charge is 2.31. The number of carboxylic acid groups (broad SMARTS) is 1. The van der Waals surface area contributed by atoms with Gasteiger partial charge in [-0.25, -0.2) is 14.2 Å². The lowest BCUT2D eigenvalue weighted by Gasteiger charge is -2.15. The van der Waals surface area contributed by atoms with Gasteiger partial charge in [-0.15, -0.1) is 0 Å². The van der Waals surface area contributed by atoms with Crippen LogP contribution in [0.3, 0.4) is 0 Å². The molecule has 0 aliphatic carbocycles. The van der Waals surface area contributed by atoms with Crippen LogP contribution in [0.5, 0.6) is 0 Å². The minimum absolute atomic E-state index is 0.0836. The van der Waals surface area contributed by atoms with Crippen LogP contribution in [0.15, 0.2) is 18.3 Å². The number of carboxylic acids is 1. The molecule has 1 aliphatic heterocycles. The van der Waals surface area contributed by atoms with Gasteiger partial charge in [-0.1, -0.05) is 0 Å². The Hall–Kier alpha value is -1.69. The summed E-state index contributed by atoms with van der Waals surface area (Å²) in [6.45, 7) is 0.265. The van der Waals surface area contributed by atoms with Crippen LogP contribution in [-0.4, -0.2) is 46.5 Å². The molecule has 2 heterocycles. The Morgan fingerprint density at radius 3 is 2.69 bits per heavy atom. The summed E-state index contributed by atoms with van der Waals surface area (Å²) in [6.07, 6.45) is -1.06. The van der Waals surface area contributed by atoms with E-state index in [2.05, 4.69) is 4.98 Å². The van der Waals surface area contributed by atoms with Crippen LogP contribution in [-0.2, 0) is 0 Å². The number of aliphatic hydroxyl groups is 1. The SMILES string of the molecule is O=C(O)c1ccc(N2C[C@@H](O)[C@H](F)C2)nc1. The number of pyridine rings is 1. The normalized spacial score (nSPS) is 24.8. The van der Waals surface area contributed by atoms with E-state index in [0.717, 1.165) is 0 Å².